The van der Waals surface area contributed by atoms with E-state index in [0.29, 0.717) is 23.9 Å². The molecule has 5 heteroatoms. The van der Waals surface area contributed by atoms with Crippen molar-refractivity contribution in [3.05, 3.63) is 28.8 Å². The summed E-state index contributed by atoms with van der Waals surface area (Å²) in [5.74, 6) is 0.732. The summed E-state index contributed by atoms with van der Waals surface area (Å²) < 4.78 is 5.53. The van der Waals surface area contributed by atoms with E-state index in [1.807, 2.05) is 17.0 Å². The summed E-state index contributed by atoms with van der Waals surface area (Å²) in [5, 5.41) is 13.6. The molecule has 2 heterocycles. The molecule has 0 aromatic heterocycles. The molecule has 2 atom stereocenters. The number of aryl methyl sites for hydroxylation is 2. The van der Waals surface area contributed by atoms with Crippen LogP contribution < -0.4 is 10.1 Å². The average Bonchev–Trinajstić information content (AvgIpc) is 3.13. The van der Waals surface area contributed by atoms with E-state index < -0.39 is 0 Å². The highest BCUT2D eigenvalue weighted by molar-refractivity contribution is 5.97. The van der Waals surface area contributed by atoms with Crippen LogP contribution in [0.4, 0.5) is 0 Å². The van der Waals surface area contributed by atoms with Crippen molar-refractivity contribution in [3.63, 3.8) is 0 Å². The van der Waals surface area contributed by atoms with Crippen LogP contribution in [0, 0.1) is 5.41 Å². The highest BCUT2D eigenvalue weighted by Crippen LogP contribution is 2.38. The molecule has 0 unspecified atom stereocenters. The SMILES string of the molecule is COc1cc2c(cc1C(=O)N1CC[C@H]3NCCC[C@]3(CO)C1)CCC2. The fourth-order valence-electron chi connectivity index (χ4n) is 4.97. The number of methoxy groups -OCH3 is 1. The van der Waals surface area contributed by atoms with Gasteiger partial charge in [0.15, 0.2) is 0 Å². The zero-order valence-electron chi connectivity index (χ0n) is 15.0. The molecule has 2 N–H and O–H groups in total. The van der Waals surface area contributed by atoms with E-state index >= 15 is 0 Å². The number of rotatable bonds is 3. The van der Waals surface area contributed by atoms with Crippen LogP contribution in [0.15, 0.2) is 12.1 Å². The number of aliphatic hydroxyl groups is 1. The number of carbonyl (C=O) groups excluding carboxylic acids is 1. The first kappa shape index (κ1) is 16.9. The number of hydrogen-bond acceptors (Lipinski definition) is 4. The Morgan fingerprint density at radius 3 is 2.92 bits per heavy atom. The van der Waals surface area contributed by atoms with Gasteiger partial charge >= 0.3 is 0 Å². The van der Waals surface area contributed by atoms with E-state index in [-0.39, 0.29) is 17.9 Å². The van der Waals surface area contributed by atoms with Crippen molar-refractivity contribution >= 4 is 5.91 Å². The molecule has 2 aliphatic heterocycles. The number of fused-ring (bicyclic) bond motifs is 2. The highest BCUT2D eigenvalue weighted by Gasteiger charge is 2.45. The normalized spacial score (nSPS) is 28.4. The molecule has 0 radical (unpaired) electrons. The lowest BCUT2D eigenvalue weighted by molar-refractivity contribution is -0.0138. The minimum Gasteiger partial charge on any atom is -0.496 e. The quantitative estimate of drug-likeness (QED) is 0.877. The number of aliphatic hydroxyl groups excluding tert-OH is 1. The summed E-state index contributed by atoms with van der Waals surface area (Å²) in [5.41, 5.74) is 3.08. The lowest BCUT2D eigenvalue weighted by Gasteiger charge is -2.50. The highest BCUT2D eigenvalue weighted by atomic mass is 16.5. The third kappa shape index (κ3) is 2.83. The number of hydrogen-bond donors (Lipinski definition) is 2. The Balaban J connectivity index is 1.61. The van der Waals surface area contributed by atoms with Crippen molar-refractivity contribution in [2.45, 2.75) is 44.6 Å². The number of likely N-dealkylation sites (tertiary alicyclic amines) is 1. The van der Waals surface area contributed by atoms with E-state index in [4.69, 9.17) is 4.74 Å². The van der Waals surface area contributed by atoms with Crippen LogP contribution in [0.3, 0.4) is 0 Å². The summed E-state index contributed by atoms with van der Waals surface area (Å²) in [4.78, 5) is 15.2. The monoisotopic (exact) mass is 344 g/mol. The second-order valence-corrected chi connectivity index (χ2v) is 7.82. The Bertz CT molecular complexity index is 675. The van der Waals surface area contributed by atoms with Gasteiger partial charge in [0.1, 0.15) is 5.75 Å². The number of ether oxygens (including phenoxy) is 1. The van der Waals surface area contributed by atoms with Crippen LogP contribution in [-0.4, -0.2) is 55.3 Å². The fourth-order valence-corrected chi connectivity index (χ4v) is 4.97. The Hall–Kier alpha value is -1.59. The van der Waals surface area contributed by atoms with Crippen LogP contribution in [0.25, 0.3) is 0 Å². The van der Waals surface area contributed by atoms with Crippen molar-refractivity contribution < 1.29 is 14.6 Å². The lowest BCUT2D eigenvalue weighted by Crippen LogP contribution is -2.62. The van der Waals surface area contributed by atoms with E-state index in [0.717, 1.165) is 51.6 Å². The predicted molar refractivity (Wildman–Crippen MR) is 96.1 cm³/mol. The van der Waals surface area contributed by atoms with Gasteiger partial charge in [-0.15, -0.1) is 0 Å². The Morgan fingerprint density at radius 2 is 2.16 bits per heavy atom. The Labute approximate surface area is 149 Å². The standard InChI is InChI=1S/C20H28N2O3/c1-25-17-11-15-5-2-4-14(15)10-16(17)19(24)22-9-6-18-20(12-22,13-23)7-3-8-21-18/h10-11,18,21,23H,2-9,12-13H2,1H3/t18-,20-/m1/s1. The summed E-state index contributed by atoms with van der Waals surface area (Å²) in [6, 6.07) is 4.41. The second kappa shape index (κ2) is 6.61. The smallest absolute Gasteiger partial charge is 0.257 e. The lowest BCUT2D eigenvalue weighted by atomic mass is 9.70. The van der Waals surface area contributed by atoms with Gasteiger partial charge in [-0.25, -0.2) is 0 Å². The maximum atomic E-state index is 13.3. The number of nitrogens with one attached hydrogen (secondary N) is 1. The Morgan fingerprint density at radius 1 is 1.36 bits per heavy atom. The van der Waals surface area contributed by atoms with Crippen LogP contribution in [0.2, 0.25) is 0 Å². The summed E-state index contributed by atoms with van der Waals surface area (Å²) in [6.45, 7) is 2.51. The maximum Gasteiger partial charge on any atom is 0.257 e. The van der Waals surface area contributed by atoms with Gasteiger partial charge in [-0.3, -0.25) is 4.79 Å². The molecule has 1 amide bonds. The first-order chi connectivity index (χ1) is 12.2. The largest absolute Gasteiger partial charge is 0.496 e. The zero-order valence-corrected chi connectivity index (χ0v) is 15.0. The minimum absolute atomic E-state index is 0.0448. The van der Waals surface area contributed by atoms with Gasteiger partial charge in [0.25, 0.3) is 5.91 Å². The van der Waals surface area contributed by atoms with Gasteiger partial charge in [0.05, 0.1) is 19.3 Å². The molecule has 0 bridgehead atoms. The molecule has 1 aromatic rings. The second-order valence-electron chi connectivity index (χ2n) is 7.82. The molecule has 1 aromatic carbocycles. The molecule has 2 fully saturated rings. The van der Waals surface area contributed by atoms with Gasteiger partial charge in [0, 0.05) is 24.5 Å². The number of piperidine rings is 2. The number of benzene rings is 1. The molecule has 3 aliphatic rings. The molecule has 4 rings (SSSR count). The van der Waals surface area contributed by atoms with Crippen LogP contribution in [-0.2, 0) is 12.8 Å². The van der Waals surface area contributed by atoms with E-state index in [2.05, 4.69) is 5.32 Å². The summed E-state index contributed by atoms with van der Waals surface area (Å²) in [7, 11) is 1.64. The molecular formula is C20H28N2O3. The minimum atomic E-state index is -0.198. The van der Waals surface area contributed by atoms with E-state index in [1.165, 1.54) is 11.1 Å². The molecule has 0 saturated carbocycles. The van der Waals surface area contributed by atoms with Gasteiger partial charge in [0.2, 0.25) is 0 Å². The van der Waals surface area contributed by atoms with Gasteiger partial charge in [-0.05, 0) is 68.3 Å². The first-order valence-electron chi connectivity index (χ1n) is 9.50. The Kier molecular flexibility index (Phi) is 4.46. The topological polar surface area (TPSA) is 61.8 Å². The molecular weight excluding hydrogens is 316 g/mol. The number of nitrogens with zero attached hydrogens (tertiary/aromatic N) is 1. The zero-order chi connectivity index (χ0) is 17.4. The van der Waals surface area contributed by atoms with Crippen molar-refractivity contribution in [1.29, 1.82) is 0 Å². The van der Waals surface area contributed by atoms with Gasteiger partial charge < -0.3 is 20.1 Å². The molecule has 25 heavy (non-hydrogen) atoms. The molecule has 136 valence electrons. The van der Waals surface area contributed by atoms with Crippen LogP contribution >= 0.6 is 0 Å². The predicted octanol–water partition coefficient (Wildman–Crippen LogP) is 1.76. The average molecular weight is 344 g/mol. The van der Waals surface area contributed by atoms with Crippen LogP contribution in [0.1, 0.15) is 47.2 Å². The van der Waals surface area contributed by atoms with E-state index in [9.17, 15) is 9.90 Å². The van der Waals surface area contributed by atoms with Crippen molar-refractivity contribution in [1.82, 2.24) is 10.2 Å². The first-order valence-corrected chi connectivity index (χ1v) is 9.50. The third-order valence-electron chi connectivity index (χ3n) is 6.42. The third-order valence-corrected chi connectivity index (χ3v) is 6.42. The maximum absolute atomic E-state index is 13.3. The molecule has 5 nitrogen and oxygen atoms in total. The molecule has 0 spiro atoms. The van der Waals surface area contributed by atoms with Crippen molar-refractivity contribution in [2.75, 3.05) is 33.4 Å². The van der Waals surface area contributed by atoms with Crippen molar-refractivity contribution in [3.8, 4) is 5.75 Å². The summed E-state index contributed by atoms with van der Waals surface area (Å²) in [6.07, 6.45) is 6.21. The number of amides is 1. The van der Waals surface area contributed by atoms with Gasteiger partial charge in [-0.1, -0.05) is 0 Å². The fraction of sp³-hybridized carbons (Fsp3) is 0.650. The van der Waals surface area contributed by atoms with Crippen molar-refractivity contribution in [2.24, 2.45) is 5.41 Å². The molecule has 1 aliphatic carbocycles. The number of carbonyl (C=O) groups is 1. The summed E-state index contributed by atoms with van der Waals surface area (Å²) >= 11 is 0. The van der Waals surface area contributed by atoms with Crippen LogP contribution in [0.5, 0.6) is 5.75 Å². The molecule has 2 saturated heterocycles. The van der Waals surface area contributed by atoms with E-state index in [1.54, 1.807) is 7.11 Å². The van der Waals surface area contributed by atoms with Gasteiger partial charge in [-0.2, -0.15) is 0 Å².